The second kappa shape index (κ2) is 9.00. The lowest BCUT2D eigenvalue weighted by Crippen LogP contribution is -2.48. The third kappa shape index (κ3) is 4.31. The Hall–Kier alpha value is -3.39. The smallest absolute Gasteiger partial charge is 0.257 e. The third-order valence-corrected chi connectivity index (χ3v) is 5.93. The van der Waals surface area contributed by atoms with Gasteiger partial charge in [0.15, 0.2) is 11.5 Å². The van der Waals surface area contributed by atoms with E-state index in [4.69, 9.17) is 14.0 Å². The van der Waals surface area contributed by atoms with Crippen LogP contribution in [-0.2, 0) is 6.42 Å². The van der Waals surface area contributed by atoms with Crippen LogP contribution in [0.4, 0.5) is 0 Å². The van der Waals surface area contributed by atoms with Crippen LogP contribution >= 0.6 is 0 Å². The molecular formula is C24H26N4O4. The molecule has 8 heteroatoms. The number of rotatable bonds is 6. The Balaban J connectivity index is 1.09. The molecule has 1 fully saturated rings. The molecule has 5 rings (SSSR count). The Morgan fingerprint density at radius 2 is 1.84 bits per heavy atom. The predicted molar refractivity (Wildman–Crippen MR) is 118 cm³/mol. The van der Waals surface area contributed by atoms with E-state index in [9.17, 15) is 4.79 Å². The molecule has 0 bridgehead atoms. The van der Waals surface area contributed by atoms with Gasteiger partial charge in [-0.05, 0) is 32.0 Å². The molecule has 0 aliphatic carbocycles. The van der Waals surface area contributed by atoms with E-state index in [1.165, 1.54) is 5.56 Å². The average molecular weight is 434 g/mol. The van der Waals surface area contributed by atoms with Crippen molar-refractivity contribution in [2.24, 2.45) is 0 Å². The molecule has 0 radical (unpaired) electrons. The van der Waals surface area contributed by atoms with Gasteiger partial charge >= 0.3 is 0 Å². The second-order valence-electron chi connectivity index (χ2n) is 8.15. The Bertz CT molecular complexity index is 1090. The molecule has 0 unspecified atom stereocenters. The van der Waals surface area contributed by atoms with Crippen LogP contribution in [0.1, 0.15) is 28.2 Å². The second-order valence-corrected chi connectivity index (χ2v) is 8.15. The van der Waals surface area contributed by atoms with Crippen LogP contribution in [0.2, 0.25) is 0 Å². The van der Waals surface area contributed by atoms with Crippen LogP contribution in [-0.4, -0.2) is 65.4 Å². The summed E-state index contributed by atoms with van der Waals surface area (Å²) in [5.41, 5.74) is 2.75. The molecule has 0 atom stereocenters. The van der Waals surface area contributed by atoms with Gasteiger partial charge in [0.2, 0.25) is 18.5 Å². The number of aryl methyl sites for hydroxylation is 2. The van der Waals surface area contributed by atoms with E-state index in [1.54, 1.807) is 6.07 Å². The lowest BCUT2D eigenvalue weighted by molar-refractivity contribution is 0.0631. The number of amides is 1. The highest BCUT2D eigenvalue weighted by Crippen LogP contribution is 2.36. The quantitative estimate of drug-likeness (QED) is 0.589. The molecule has 3 aromatic rings. The predicted octanol–water partition coefficient (Wildman–Crippen LogP) is 3.16. The van der Waals surface area contributed by atoms with Gasteiger partial charge in [-0.3, -0.25) is 9.69 Å². The van der Waals surface area contributed by atoms with Gasteiger partial charge in [0.1, 0.15) is 0 Å². The van der Waals surface area contributed by atoms with E-state index in [2.05, 4.69) is 22.0 Å². The molecule has 0 N–H and O–H groups in total. The lowest BCUT2D eigenvalue weighted by Gasteiger charge is -2.34. The monoisotopic (exact) mass is 434 g/mol. The zero-order valence-electron chi connectivity index (χ0n) is 18.1. The maximum absolute atomic E-state index is 12.9. The molecule has 2 aromatic carbocycles. The van der Waals surface area contributed by atoms with Gasteiger partial charge in [-0.2, -0.15) is 4.98 Å². The fraction of sp³-hybridized carbons (Fsp3) is 0.375. The van der Waals surface area contributed by atoms with E-state index in [1.807, 2.05) is 41.3 Å². The molecule has 1 aromatic heterocycles. The van der Waals surface area contributed by atoms with Crippen LogP contribution in [0.15, 0.2) is 47.0 Å². The largest absolute Gasteiger partial charge is 0.454 e. The molecule has 32 heavy (non-hydrogen) atoms. The SMILES string of the molecule is Cc1ccc(-c2noc(CCCN3CCN(C(=O)c4cccc5c4OCO5)CC3)n2)cc1. The Kier molecular flexibility index (Phi) is 5.77. The van der Waals surface area contributed by atoms with E-state index < -0.39 is 0 Å². The van der Waals surface area contributed by atoms with Crippen LogP contribution in [0.3, 0.4) is 0 Å². The minimum absolute atomic E-state index is 0.00138. The Labute approximate surface area is 186 Å². The Morgan fingerprint density at radius 3 is 2.66 bits per heavy atom. The van der Waals surface area contributed by atoms with Crippen molar-refractivity contribution < 1.29 is 18.8 Å². The third-order valence-electron chi connectivity index (χ3n) is 5.93. The Morgan fingerprint density at radius 1 is 1.03 bits per heavy atom. The molecule has 8 nitrogen and oxygen atoms in total. The molecule has 166 valence electrons. The molecule has 1 amide bonds. The van der Waals surface area contributed by atoms with E-state index >= 15 is 0 Å². The van der Waals surface area contributed by atoms with E-state index in [0.29, 0.717) is 41.9 Å². The standard InChI is InChI=1S/C24H26N4O4/c1-17-7-9-18(10-8-17)23-25-21(32-26-23)6-3-11-27-12-14-28(15-13-27)24(29)19-4-2-5-20-22(19)31-16-30-20/h2,4-5,7-10H,3,6,11-16H2,1H3. The zero-order valence-corrected chi connectivity index (χ0v) is 18.1. The average Bonchev–Trinajstić information content (AvgIpc) is 3.49. The fourth-order valence-electron chi connectivity index (χ4n) is 4.07. The van der Waals surface area contributed by atoms with Crippen molar-refractivity contribution in [1.82, 2.24) is 19.9 Å². The minimum Gasteiger partial charge on any atom is -0.454 e. The number of aromatic nitrogens is 2. The normalized spacial score (nSPS) is 15.8. The number of carbonyl (C=O) groups excluding carboxylic acids is 1. The van der Waals surface area contributed by atoms with E-state index in [-0.39, 0.29) is 12.7 Å². The first-order valence-corrected chi connectivity index (χ1v) is 11.0. The number of hydrogen-bond acceptors (Lipinski definition) is 7. The van der Waals surface area contributed by atoms with Crippen molar-refractivity contribution in [2.75, 3.05) is 39.5 Å². The molecule has 2 aliphatic rings. The summed E-state index contributed by atoms with van der Waals surface area (Å²) in [5.74, 6) is 2.50. The van der Waals surface area contributed by atoms with Gasteiger partial charge in [-0.15, -0.1) is 0 Å². The first kappa shape index (κ1) is 20.5. The summed E-state index contributed by atoms with van der Waals surface area (Å²) in [4.78, 5) is 21.7. The molecule has 2 aliphatic heterocycles. The van der Waals surface area contributed by atoms with Crippen molar-refractivity contribution >= 4 is 5.91 Å². The number of benzene rings is 2. The van der Waals surface area contributed by atoms with E-state index in [0.717, 1.165) is 38.0 Å². The molecule has 0 saturated carbocycles. The first-order chi connectivity index (χ1) is 15.7. The summed E-state index contributed by atoms with van der Waals surface area (Å²) in [7, 11) is 0. The van der Waals surface area contributed by atoms with Gasteiger partial charge in [-0.1, -0.05) is 41.1 Å². The van der Waals surface area contributed by atoms with Crippen molar-refractivity contribution in [1.29, 1.82) is 0 Å². The van der Waals surface area contributed by atoms with Gasteiger partial charge < -0.3 is 18.9 Å². The van der Waals surface area contributed by atoms with Crippen LogP contribution in [0, 0.1) is 6.92 Å². The summed E-state index contributed by atoms with van der Waals surface area (Å²) >= 11 is 0. The highest BCUT2D eigenvalue weighted by atomic mass is 16.7. The van der Waals surface area contributed by atoms with Crippen molar-refractivity contribution in [3.63, 3.8) is 0 Å². The van der Waals surface area contributed by atoms with Gasteiger partial charge in [0, 0.05) is 38.2 Å². The lowest BCUT2D eigenvalue weighted by atomic mass is 10.1. The topological polar surface area (TPSA) is 80.9 Å². The maximum Gasteiger partial charge on any atom is 0.257 e. The number of carbonyl (C=O) groups is 1. The first-order valence-electron chi connectivity index (χ1n) is 11.0. The summed E-state index contributed by atoms with van der Waals surface area (Å²) in [6.45, 7) is 6.23. The summed E-state index contributed by atoms with van der Waals surface area (Å²) in [6, 6.07) is 13.6. The number of ether oxygens (including phenoxy) is 2. The zero-order chi connectivity index (χ0) is 21.9. The molecular weight excluding hydrogens is 408 g/mol. The number of piperazine rings is 1. The molecule has 1 saturated heterocycles. The van der Waals surface area contributed by atoms with Gasteiger partial charge in [0.05, 0.1) is 5.56 Å². The number of fused-ring (bicyclic) bond motifs is 1. The van der Waals surface area contributed by atoms with Gasteiger partial charge in [-0.25, -0.2) is 0 Å². The summed E-state index contributed by atoms with van der Waals surface area (Å²) in [5, 5.41) is 4.10. The summed E-state index contributed by atoms with van der Waals surface area (Å²) < 4.78 is 16.3. The number of hydrogen-bond donors (Lipinski definition) is 0. The number of para-hydroxylation sites is 1. The van der Waals surface area contributed by atoms with Crippen molar-refractivity contribution in [3.05, 3.63) is 59.5 Å². The van der Waals surface area contributed by atoms with Crippen molar-refractivity contribution in [3.8, 4) is 22.9 Å². The molecule has 3 heterocycles. The van der Waals surface area contributed by atoms with Crippen LogP contribution in [0.5, 0.6) is 11.5 Å². The summed E-state index contributed by atoms with van der Waals surface area (Å²) in [6.07, 6.45) is 1.67. The van der Waals surface area contributed by atoms with Crippen LogP contribution in [0.25, 0.3) is 11.4 Å². The molecule has 0 spiro atoms. The van der Waals surface area contributed by atoms with Gasteiger partial charge in [0.25, 0.3) is 5.91 Å². The maximum atomic E-state index is 12.9. The minimum atomic E-state index is 0.00138. The van der Waals surface area contributed by atoms with Crippen molar-refractivity contribution in [2.45, 2.75) is 19.8 Å². The van der Waals surface area contributed by atoms with Crippen LogP contribution < -0.4 is 9.47 Å². The highest BCUT2D eigenvalue weighted by Gasteiger charge is 2.27. The highest BCUT2D eigenvalue weighted by molar-refractivity contribution is 5.98. The number of nitrogens with zero attached hydrogens (tertiary/aromatic N) is 4. The fourth-order valence-corrected chi connectivity index (χ4v) is 4.07.